The van der Waals surface area contributed by atoms with E-state index in [1.54, 1.807) is 16.7 Å². The van der Waals surface area contributed by atoms with E-state index in [0.29, 0.717) is 28.8 Å². The number of nitrogens with one attached hydrogen (secondary N) is 1. The summed E-state index contributed by atoms with van der Waals surface area (Å²) in [6, 6.07) is 20.3. The van der Waals surface area contributed by atoms with E-state index in [4.69, 9.17) is 28.2 Å². The highest BCUT2D eigenvalue weighted by Crippen LogP contribution is 2.41. The lowest BCUT2D eigenvalue weighted by molar-refractivity contribution is 0.148. The van der Waals surface area contributed by atoms with Crippen molar-refractivity contribution in [1.82, 2.24) is 40.0 Å². The van der Waals surface area contributed by atoms with Crippen molar-refractivity contribution in [1.29, 1.82) is 0 Å². The van der Waals surface area contributed by atoms with E-state index in [9.17, 15) is 0 Å². The van der Waals surface area contributed by atoms with Gasteiger partial charge in [-0.15, -0.1) is 10.2 Å². The van der Waals surface area contributed by atoms with Crippen LogP contribution in [0, 0.1) is 5.82 Å². The number of aromatic amines is 1. The van der Waals surface area contributed by atoms with Crippen LogP contribution in [0.2, 0.25) is 10.0 Å². The molecule has 0 saturated carbocycles. The molecule has 1 aliphatic heterocycles. The van der Waals surface area contributed by atoms with Gasteiger partial charge in [-0.2, -0.15) is 5.21 Å². The van der Waals surface area contributed by atoms with Gasteiger partial charge in [0.2, 0.25) is 5.82 Å². The van der Waals surface area contributed by atoms with E-state index in [1.807, 2.05) is 48.5 Å². The van der Waals surface area contributed by atoms with Gasteiger partial charge in [-0.1, -0.05) is 65.7 Å². The van der Waals surface area contributed by atoms with Gasteiger partial charge in [0.05, 0.1) is 16.4 Å². The van der Waals surface area contributed by atoms with E-state index in [-0.39, 0.29) is 16.5 Å². The van der Waals surface area contributed by atoms with Crippen LogP contribution in [0.4, 0.5) is 4.39 Å². The van der Waals surface area contributed by atoms with Crippen LogP contribution in [0.25, 0.3) is 39.9 Å². The van der Waals surface area contributed by atoms with E-state index < -0.39 is 5.82 Å². The fourth-order valence-electron chi connectivity index (χ4n) is 4.92. The number of hydrogen-bond donors (Lipinski definition) is 1. The predicted octanol–water partition coefficient (Wildman–Crippen LogP) is 5.58. The van der Waals surface area contributed by atoms with Crippen molar-refractivity contribution in [3.8, 4) is 39.9 Å². The zero-order valence-electron chi connectivity index (χ0n) is 21.2. The van der Waals surface area contributed by atoms with Crippen LogP contribution in [0.3, 0.4) is 0 Å². The maximum atomic E-state index is 15.8. The average Bonchev–Trinajstić information content (AvgIpc) is 3.61. The first kappa shape index (κ1) is 25.6. The predicted molar refractivity (Wildman–Crippen MR) is 150 cm³/mol. The first-order valence-corrected chi connectivity index (χ1v) is 13.3. The number of benzene rings is 3. The molecule has 3 heterocycles. The zero-order chi connectivity index (χ0) is 26.9. The van der Waals surface area contributed by atoms with Crippen LogP contribution in [-0.2, 0) is 6.54 Å². The van der Waals surface area contributed by atoms with Crippen LogP contribution in [0.1, 0.15) is 5.56 Å². The Morgan fingerprint density at radius 2 is 1.74 bits per heavy atom. The molecule has 198 valence electrons. The maximum absolute atomic E-state index is 15.8. The van der Waals surface area contributed by atoms with Gasteiger partial charge in [0.1, 0.15) is 11.5 Å². The zero-order valence-corrected chi connectivity index (χ0v) is 22.7. The minimum Gasteiger partial charge on any atom is -0.304 e. The molecule has 1 N–H and O–H groups in total. The molecular weight excluding hydrogens is 538 g/mol. The van der Waals surface area contributed by atoms with Crippen molar-refractivity contribution in [2.75, 3.05) is 33.2 Å². The topological polar surface area (TPSA) is 78.8 Å². The number of halogens is 3. The summed E-state index contributed by atoms with van der Waals surface area (Å²) in [5.41, 5.74) is 3.92. The Hall–Kier alpha value is -3.63. The van der Waals surface area contributed by atoms with Gasteiger partial charge < -0.3 is 4.90 Å². The lowest BCUT2D eigenvalue weighted by Crippen LogP contribution is -2.43. The third-order valence-corrected chi connectivity index (χ3v) is 7.48. The third-order valence-electron chi connectivity index (χ3n) is 6.96. The van der Waals surface area contributed by atoms with E-state index in [1.165, 1.54) is 6.07 Å². The van der Waals surface area contributed by atoms with Crippen molar-refractivity contribution >= 4 is 23.2 Å². The summed E-state index contributed by atoms with van der Waals surface area (Å²) in [4.78, 5) is 9.70. The van der Waals surface area contributed by atoms with Crippen LogP contribution >= 0.6 is 23.2 Å². The first-order valence-electron chi connectivity index (χ1n) is 12.6. The van der Waals surface area contributed by atoms with E-state index >= 15 is 4.39 Å². The number of aromatic nitrogens is 6. The molecule has 5 aromatic rings. The largest absolute Gasteiger partial charge is 0.304 e. The van der Waals surface area contributed by atoms with Gasteiger partial charge >= 0.3 is 0 Å². The number of imidazole rings is 1. The Balaban J connectivity index is 1.64. The van der Waals surface area contributed by atoms with Gasteiger partial charge in [-0.3, -0.25) is 9.47 Å². The smallest absolute Gasteiger partial charge is 0.225 e. The normalized spacial score (nSPS) is 14.7. The fraction of sp³-hybridized carbons (Fsp3) is 0.214. The second-order valence-corrected chi connectivity index (χ2v) is 10.4. The van der Waals surface area contributed by atoms with E-state index in [0.717, 1.165) is 42.9 Å². The minimum atomic E-state index is -0.558. The molecule has 3 aromatic carbocycles. The van der Waals surface area contributed by atoms with Gasteiger partial charge in [0, 0.05) is 48.9 Å². The molecular formula is C28H25Cl2FN8. The molecule has 0 unspecified atom stereocenters. The van der Waals surface area contributed by atoms with Crippen molar-refractivity contribution in [3.63, 3.8) is 0 Å². The molecule has 39 heavy (non-hydrogen) atoms. The Morgan fingerprint density at radius 1 is 0.949 bits per heavy atom. The highest BCUT2D eigenvalue weighted by molar-refractivity contribution is 6.31. The third kappa shape index (κ3) is 5.06. The summed E-state index contributed by atoms with van der Waals surface area (Å²) in [5.74, 6) is 0.239. The van der Waals surface area contributed by atoms with Crippen molar-refractivity contribution in [3.05, 3.63) is 88.2 Å². The maximum Gasteiger partial charge on any atom is 0.225 e. The molecule has 0 radical (unpaired) electrons. The summed E-state index contributed by atoms with van der Waals surface area (Å²) >= 11 is 12.9. The van der Waals surface area contributed by atoms with Crippen LogP contribution in [-0.4, -0.2) is 73.2 Å². The molecule has 6 rings (SSSR count). The van der Waals surface area contributed by atoms with Gasteiger partial charge in [0.25, 0.3) is 0 Å². The number of hydrogen-bond acceptors (Lipinski definition) is 6. The Labute approximate surface area is 235 Å². The van der Waals surface area contributed by atoms with Gasteiger partial charge in [-0.25, -0.2) is 9.37 Å². The molecule has 1 aliphatic rings. The summed E-state index contributed by atoms with van der Waals surface area (Å²) < 4.78 is 17.5. The molecule has 0 bridgehead atoms. The molecule has 0 atom stereocenters. The quantitative estimate of drug-likeness (QED) is 0.291. The second-order valence-electron chi connectivity index (χ2n) is 9.52. The molecule has 0 amide bonds. The SMILES string of the molecule is CN1CCN(Cc2ccc(Cl)cc2-c2c(-c3nn[nH]n3)nc(-c3ccccc3)n2-c2cccc(Cl)c2F)CC1. The lowest BCUT2D eigenvalue weighted by atomic mass is 10.0. The van der Waals surface area contributed by atoms with Gasteiger partial charge in [0.15, 0.2) is 5.82 Å². The fourth-order valence-corrected chi connectivity index (χ4v) is 5.26. The van der Waals surface area contributed by atoms with E-state index in [2.05, 4.69) is 37.5 Å². The number of piperazine rings is 1. The highest BCUT2D eigenvalue weighted by atomic mass is 35.5. The highest BCUT2D eigenvalue weighted by Gasteiger charge is 2.28. The van der Waals surface area contributed by atoms with Crippen molar-refractivity contribution in [2.24, 2.45) is 0 Å². The standard InChI is InChI=1S/C28H25Cl2FN8/c1-37-12-14-38(15-13-37)17-19-10-11-20(29)16-21(19)26-25(27-33-35-36-34-27)32-28(18-6-3-2-4-7-18)39(26)23-9-5-8-22(30)24(23)31/h2-11,16H,12-15,17H2,1H3,(H,33,34,35,36). The summed E-state index contributed by atoms with van der Waals surface area (Å²) in [5, 5.41) is 15.3. The summed E-state index contributed by atoms with van der Waals surface area (Å²) in [6.07, 6.45) is 0. The Bertz CT molecular complexity index is 1600. The van der Waals surface area contributed by atoms with Gasteiger partial charge in [-0.05, 0) is 42.1 Å². The molecule has 8 nitrogen and oxygen atoms in total. The van der Waals surface area contributed by atoms with Crippen molar-refractivity contribution in [2.45, 2.75) is 6.54 Å². The Morgan fingerprint density at radius 3 is 2.49 bits per heavy atom. The molecule has 2 aromatic heterocycles. The number of rotatable bonds is 6. The van der Waals surface area contributed by atoms with Crippen molar-refractivity contribution < 1.29 is 4.39 Å². The average molecular weight is 563 g/mol. The summed E-state index contributed by atoms with van der Waals surface area (Å²) in [6.45, 7) is 4.54. The Kier molecular flexibility index (Phi) is 7.14. The molecule has 1 saturated heterocycles. The second kappa shape index (κ2) is 10.9. The minimum absolute atomic E-state index is 0.0102. The van der Waals surface area contributed by atoms with Crippen LogP contribution in [0.5, 0.6) is 0 Å². The van der Waals surface area contributed by atoms with Crippen LogP contribution < -0.4 is 0 Å². The first-order chi connectivity index (χ1) is 19.0. The summed E-state index contributed by atoms with van der Waals surface area (Å²) in [7, 11) is 2.13. The molecule has 0 spiro atoms. The number of likely N-dealkylation sites (N-methyl/N-ethyl adjacent to an activating group) is 1. The number of H-pyrrole nitrogens is 1. The molecule has 0 aliphatic carbocycles. The number of nitrogens with zero attached hydrogens (tertiary/aromatic N) is 7. The molecule has 1 fully saturated rings. The monoisotopic (exact) mass is 562 g/mol. The molecule has 11 heteroatoms. The lowest BCUT2D eigenvalue weighted by Gasteiger charge is -2.32. The van der Waals surface area contributed by atoms with Crippen LogP contribution in [0.15, 0.2) is 66.7 Å². The number of tetrazole rings is 1.